The van der Waals surface area contributed by atoms with Crippen LogP contribution in [0.15, 0.2) is 5.16 Å². The predicted octanol–water partition coefficient (Wildman–Crippen LogP) is 3.62. The van der Waals surface area contributed by atoms with E-state index in [1.54, 1.807) is 7.11 Å². The fraction of sp³-hybridized carbons (Fsp3) is 0.917. The topological polar surface area (TPSA) is 21.6 Å². The van der Waals surface area contributed by atoms with Gasteiger partial charge in [-0.1, -0.05) is 38.8 Å². The Balaban J connectivity index is 2.59. The fourth-order valence-electron chi connectivity index (χ4n) is 2.17. The van der Waals surface area contributed by atoms with Crippen LogP contribution in [-0.4, -0.2) is 12.8 Å². The first-order valence-electron chi connectivity index (χ1n) is 5.63. The van der Waals surface area contributed by atoms with Gasteiger partial charge in [0.25, 0.3) is 0 Å². The Morgan fingerprint density at radius 1 is 1.29 bits per heavy atom. The molecular weight excluding hydrogens is 174 g/mol. The smallest absolute Gasteiger partial charge is 0.106 e. The van der Waals surface area contributed by atoms with E-state index in [0.29, 0.717) is 11.3 Å². The zero-order valence-electron chi connectivity index (χ0n) is 9.97. The molecule has 0 atom stereocenters. The Hall–Kier alpha value is -0.530. The van der Waals surface area contributed by atoms with Crippen molar-refractivity contribution >= 4 is 5.71 Å². The van der Waals surface area contributed by atoms with Crippen LogP contribution in [0.4, 0.5) is 0 Å². The van der Waals surface area contributed by atoms with Crippen molar-refractivity contribution < 1.29 is 4.84 Å². The Bertz CT molecular complexity index is 197. The van der Waals surface area contributed by atoms with Crippen LogP contribution < -0.4 is 0 Å². The van der Waals surface area contributed by atoms with Crippen molar-refractivity contribution in [2.24, 2.45) is 16.5 Å². The summed E-state index contributed by atoms with van der Waals surface area (Å²) >= 11 is 0. The summed E-state index contributed by atoms with van der Waals surface area (Å²) in [6.07, 6.45) is 6.39. The maximum absolute atomic E-state index is 4.95. The van der Waals surface area contributed by atoms with Gasteiger partial charge in [-0.25, -0.2) is 0 Å². The lowest BCUT2D eigenvalue weighted by Crippen LogP contribution is -2.19. The van der Waals surface area contributed by atoms with E-state index in [2.05, 4.69) is 25.9 Å². The Labute approximate surface area is 87.7 Å². The summed E-state index contributed by atoms with van der Waals surface area (Å²) in [5.74, 6) is 0.689. The molecule has 1 fully saturated rings. The van der Waals surface area contributed by atoms with Gasteiger partial charge in [0.1, 0.15) is 7.11 Å². The minimum Gasteiger partial charge on any atom is -0.399 e. The molecule has 0 aromatic rings. The molecule has 0 bridgehead atoms. The highest BCUT2D eigenvalue weighted by molar-refractivity contribution is 5.87. The third kappa shape index (κ3) is 3.69. The minimum absolute atomic E-state index is 0.319. The van der Waals surface area contributed by atoms with E-state index < -0.39 is 0 Å². The van der Waals surface area contributed by atoms with Crippen molar-refractivity contribution in [3.05, 3.63) is 0 Å². The molecule has 1 aliphatic rings. The largest absolute Gasteiger partial charge is 0.399 e. The summed E-state index contributed by atoms with van der Waals surface area (Å²) in [7, 11) is 1.65. The molecule has 0 aliphatic heterocycles. The molecule has 0 radical (unpaired) electrons. The highest BCUT2D eigenvalue weighted by Gasteiger charge is 2.25. The van der Waals surface area contributed by atoms with Crippen molar-refractivity contribution in [1.29, 1.82) is 0 Å². The third-order valence-electron chi connectivity index (χ3n) is 2.75. The second-order valence-corrected chi connectivity index (χ2v) is 5.48. The highest BCUT2D eigenvalue weighted by atomic mass is 16.6. The third-order valence-corrected chi connectivity index (χ3v) is 2.75. The number of nitrogens with zero attached hydrogens (tertiary/aromatic N) is 1. The van der Waals surface area contributed by atoms with E-state index in [1.807, 2.05) is 0 Å². The lowest BCUT2D eigenvalue weighted by Gasteiger charge is -2.22. The van der Waals surface area contributed by atoms with E-state index in [4.69, 9.17) is 4.84 Å². The molecule has 0 saturated heterocycles. The van der Waals surface area contributed by atoms with Crippen LogP contribution in [0.3, 0.4) is 0 Å². The Kier molecular flexibility index (Phi) is 3.97. The van der Waals surface area contributed by atoms with E-state index in [1.165, 1.54) is 31.4 Å². The SMILES string of the molecule is CO/N=C(/CC(C)(C)C)C1CCCC1. The molecule has 14 heavy (non-hydrogen) atoms. The maximum Gasteiger partial charge on any atom is 0.106 e. The molecular formula is C12H23NO. The summed E-state index contributed by atoms with van der Waals surface area (Å²) in [5, 5.41) is 4.21. The zero-order valence-corrected chi connectivity index (χ0v) is 9.97. The predicted molar refractivity (Wildman–Crippen MR) is 60.5 cm³/mol. The molecule has 1 rings (SSSR count). The Morgan fingerprint density at radius 2 is 1.86 bits per heavy atom. The first-order chi connectivity index (χ1) is 6.53. The summed E-state index contributed by atoms with van der Waals surface area (Å²) < 4.78 is 0. The monoisotopic (exact) mass is 197 g/mol. The van der Waals surface area contributed by atoms with Crippen molar-refractivity contribution in [2.45, 2.75) is 52.9 Å². The molecule has 0 heterocycles. The molecule has 2 heteroatoms. The molecule has 1 aliphatic carbocycles. The van der Waals surface area contributed by atoms with Crippen LogP contribution in [0.25, 0.3) is 0 Å². The van der Waals surface area contributed by atoms with Crippen LogP contribution in [0.5, 0.6) is 0 Å². The van der Waals surface area contributed by atoms with Gasteiger partial charge in [-0.3, -0.25) is 0 Å². The lowest BCUT2D eigenvalue weighted by atomic mass is 9.84. The van der Waals surface area contributed by atoms with Crippen molar-refractivity contribution in [1.82, 2.24) is 0 Å². The molecule has 0 aromatic carbocycles. The standard InChI is InChI=1S/C12H23NO/c1-12(2,3)9-11(13-14-4)10-7-5-6-8-10/h10H,5-9H2,1-4H3/b13-11-. The van der Waals surface area contributed by atoms with E-state index in [9.17, 15) is 0 Å². The van der Waals surface area contributed by atoms with Crippen LogP contribution in [0, 0.1) is 11.3 Å². The Morgan fingerprint density at radius 3 is 2.29 bits per heavy atom. The summed E-state index contributed by atoms with van der Waals surface area (Å²) in [6.45, 7) is 6.77. The first kappa shape index (κ1) is 11.5. The molecule has 0 N–H and O–H groups in total. The average molecular weight is 197 g/mol. The minimum atomic E-state index is 0.319. The van der Waals surface area contributed by atoms with Crippen molar-refractivity contribution in [3.63, 3.8) is 0 Å². The number of oxime groups is 1. The molecule has 0 spiro atoms. The number of hydrogen-bond donors (Lipinski definition) is 0. The van der Waals surface area contributed by atoms with Gasteiger partial charge in [-0.05, 0) is 24.7 Å². The molecule has 0 unspecified atom stereocenters. The molecule has 82 valence electrons. The summed E-state index contributed by atoms with van der Waals surface area (Å²) in [5.41, 5.74) is 1.59. The van der Waals surface area contributed by atoms with Gasteiger partial charge in [-0.15, -0.1) is 0 Å². The second-order valence-electron chi connectivity index (χ2n) is 5.48. The molecule has 2 nitrogen and oxygen atoms in total. The van der Waals surface area contributed by atoms with E-state index in [0.717, 1.165) is 6.42 Å². The first-order valence-corrected chi connectivity index (χ1v) is 5.63. The lowest BCUT2D eigenvalue weighted by molar-refractivity contribution is 0.208. The van der Waals surface area contributed by atoms with Crippen LogP contribution in [-0.2, 0) is 4.84 Å². The average Bonchev–Trinajstić information content (AvgIpc) is 2.52. The van der Waals surface area contributed by atoms with E-state index in [-0.39, 0.29) is 0 Å². The van der Waals surface area contributed by atoms with Gasteiger partial charge in [0.2, 0.25) is 0 Å². The quantitative estimate of drug-likeness (QED) is 0.500. The van der Waals surface area contributed by atoms with Gasteiger partial charge in [0.15, 0.2) is 0 Å². The van der Waals surface area contributed by atoms with Gasteiger partial charge >= 0.3 is 0 Å². The molecule has 0 aromatic heterocycles. The van der Waals surface area contributed by atoms with E-state index >= 15 is 0 Å². The number of rotatable bonds is 3. The number of hydrogen-bond acceptors (Lipinski definition) is 2. The second kappa shape index (κ2) is 4.81. The zero-order chi connectivity index (χ0) is 10.6. The van der Waals surface area contributed by atoms with Gasteiger partial charge in [0.05, 0.1) is 5.71 Å². The molecule has 0 amide bonds. The van der Waals surface area contributed by atoms with Crippen molar-refractivity contribution in [3.8, 4) is 0 Å². The highest BCUT2D eigenvalue weighted by Crippen LogP contribution is 2.31. The van der Waals surface area contributed by atoms with Gasteiger partial charge < -0.3 is 4.84 Å². The molecule has 1 saturated carbocycles. The van der Waals surface area contributed by atoms with Crippen molar-refractivity contribution in [2.75, 3.05) is 7.11 Å². The van der Waals surface area contributed by atoms with Crippen LogP contribution in [0.1, 0.15) is 52.9 Å². The summed E-state index contributed by atoms with van der Waals surface area (Å²) in [6, 6.07) is 0. The van der Waals surface area contributed by atoms with Crippen LogP contribution in [0.2, 0.25) is 0 Å². The van der Waals surface area contributed by atoms with Crippen LogP contribution >= 0.6 is 0 Å². The fourth-order valence-corrected chi connectivity index (χ4v) is 2.17. The van der Waals surface area contributed by atoms with Gasteiger partial charge in [0, 0.05) is 5.92 Å². The normalized spacial score (nSPS) is 20.1. The summed E-state index contributed by atoms with van der Waals surface area (Å²) in [4.78, 5) is 4.95. The van der Waals surface area contributed by atoms with Gasteiger partial charge in [-0.2, -0.15) is 0 Å². The maximum atomic E-state index is 4.95.